The largest absolute Gasteiger partial charge is 0.311 e. The predicted octanol–water partition coefficient (Wildman–Crippen LogP) is 17.6. The van der Waals surface area contributed by atoms with Crippen molar-refractivity contribution in [3.63, 3.8) is 0 Å². The summed E-state index contributed by atoms with van der Waals surface area (Å²) in [4.78, 5) is 2.32. The summed E-state index contributed by atoms with van der Waals surface area (Å²) < 4.78 is 4.87. The summed E-state index contributed by atoms with van der Waals surface area (Å²) in [5.74, 6) is 0. The first-order chi connectivity index (χ1) is 33.2. The zero-order valence-electron chi connectivity index (χ0n) is 36.5. The molecule has 2 heterocycles. The van der Waals surface area contributed by atoms with E-state index in [9.17, 15) is 0 Å². The Morgan fingerprint density at radius 3 is 1.42 bits per heavy atom. The monoisotopic (exact) mass is 851 g/mol. The molecule has 14 aromatic rings. The molecular formula is C64H41N3. The van der Waals surface area contributed by atoms with Crippen molar-refractivity contribution in [1.29, 1.82) is 0 Å². The molecule has 0 aliphatic carbocycles. The molecule has 0 aliphatic heterocycles. The van der Waals surface area contributed by atoms with Gasteiger partial charge in [0.05, 0.1) is 22.1 Å². The Kier molecular flexibility index (Phi) is 8.28. The molecule has 0 fully saturated rings. The summed E-state index contributed by atoms with van der Waals surface area (Å²) in [6, 6.07) is 91.1. The topological polar surface area (TPSA) is 13.1 Å². The molecule has 67 heavy (non-hydrogen) atoms. The van der Waals surface area contributed by atoms with Gasteiger partial charge in [0.1, 0.15) is 0 Å². The molecule has 2 aromatic heterocycles. The summed E-state index contributed by atoms with van der Waals surface area (Å²) in [6.07, 6.45) is 0. The number of benzene rings is 12. The molecule has 3 heteroatoms. The first-order valence-corrected chi connectivity index (χ1v) is 23.1. The van der Waals surface area contributed by atoms with Gasteiger partial charge in [0.15, 0.2) is 0 Å². The second-order valence-electron chi connectivity index (χ2n) is 17.7. The van der Waals surface area contributed by atoms with E-state index in [4.69, 9.17) is 0 Å². The van der Waals surface area contributed by atoms with Gasteiger partial charge in [0.25, 0.3) is 0 Å². The predicted molar refractivity (Wildman–Crippen MR) is 284 cm³/mol. The van der Waals surface area contributed by atoms with Crippen molar-refractivity contribution >= 4 is 93.0 Å². The fraction of sp³-hybridized carbons (Fsp3) is 0. The first kappa shape index (κ1) is 37.5. The third-order valence-electron chi connectivity index (χ3n) is 14.0. The van der Waals surface area contributed by atoms with Crippen LogP contribution in [0.15, 0.2) is 249 Å². The Morgan fingerprint density at radius 2 is 0.746 bits per heavy atom. The summed E-state index contributed by atoms with van der Waals surface area (Å²) in [5, 5.41) is 12.7. The molecular weight excluding hydrogens is 811 g/mol. The summed E-state index contributed by atoms with van der Waals surface area (Å²) in [5.41, 5.74) is 15.4. The van der Waals surface area contributed by atoms with E-state index in [-0.39, 0.29) is 0 Å². The van der Waals surface area contributed by atoms with Crippen molar-refractivity contribution in [3.8, 4) is 33.6 Å². The Labute approximate surface area is 387 Å². The third kappa shape index (κ3) is 5.78. The lowest BCUT2D eigenvalue weighted by Crippen LogP contribution is -2.09. The highest BCUT2D eigenvalue weighted by molar-refractivity contribution is 6.33. The third-order valence-corrected chi connectivity index (χ3v) is 14.0. The Morgan fingerprint density at radius 1 is 0.269 bits per heavy atom. The maximum absolute atomic E-state index is 2.49. The van der Waals surface area contributed by atoms with Crippen LogP contribution in [0, 0.1) is 0 Å². The molecule has 0 unspecified atom stereocenters. The molecule has 12 aromatic carbocycles. The lowest BCUT2D eigenvalue weighted by Gasteiger charge is -2.25. The van der Waals surface area contributed by atoms with Gasteiger partial charge in [0, 0.05) is 55.4 Å². The molecule has 0 radical (unpaired) electrons. The van der Waals surface area contributed by atoms with Crippen molar-refractivity contribution in [2.75, 3.05) is 4.90 Å². The molecule has 0 saturated carbocycles. The normalized spacial score (nSPS) is 11.9. The van der Waals surface area contributed by atoms with Gasteiger partial charge in [-0.05, 0) is 146 Å². The highest BCUT2D eigenvalue weighted by atomic mass is 15.1. The number of nitrogens with zero attached hydrogens (tertiary/aromatic N) is 3. The van der Waals surface area contributed by atoms with E-state index >= 15 is 0 Å². The average Bonchev–Trinajstić information content (AvgIpc) is 3.91. The lowest BCUT2D eigenvalue weighted by atomic mass is 9.88. The van der Waals surface area contributed by atoms with Crippen molar-refractivity contribution in [3.05, 3.63) is 249 Å². The van der Waals surface area contributed by atoms with Crippen LogP contribution in [-0.2, 0) is 0 Å². The molecule has 0 spiro atoms. The smallest absolute Gasteiger partial charge is 0.0620 e. The Hall–Kier alpha value is -8.92. The van der Waals surface area contributed by atoms with Gasteiger partial charge in [-0.15, -0.1) is 0 Å². The van der Waals surface area contributed by atoms with Crippen LogP contribution in [-0.4, -0.2) is 9.13 Å². The highest BCUT2D eigenvalue weighted by Gasteiger charge is 2.22. The average molecular weight is 852 g/mol. The van der Waals surface area contributed by atoms with Gasteiger partial charge in [-0.2, -0.15) is 0 Å². The van der Waals surface area contributed by atoms with Crippen molar-refractivity contribution in [2.45, 2.75) is 0 Å². The van der Waals surface area contributed by atoms with Crippen LogP contribution in [0.4, 0.5) is 17.1 Å². The van der Waals surface area contributed by atoms with E-state index in [0.29, 0.717) is 0 Å². The summed E-state index contributed by atoms with van der Waals surface area (Å²) >= 11 is 0. The number of aromatic nitrogens is 2. The van der Waals surface area contributed by atoms with Crippen LogP contribution in [0.1, 0.15) is 0 Å². The van der Waals surface area contributed by atoms with E-state index in [0.717, 1.165) is 22.7 Å². The van der Waals surface area contributed by atoms with Gasteiger partial charge < -0.3 is 14.0 Å². The van der Waals surface area contributed by atoms with E-state index in [1.54, 1.807) is 0 Å². The highest BCUT2D eigenvalue weighted by Crippen LogP contribution is 2.46. The van der Waals surface area contributed by atoms with Crippen LogP contribution in [0.5, 0.6) is 0 Å². The quantitative estimate of drug-likeness (QED) is 0.146. The second kappa shape index (κ2) is 14.8. The molecule has 14 rings (SSSR count). The van der Waals surface area contributed by atoms with E-state index < -0.39 is 0 Å². The lowest BCUT2D eigenvalue weighted by molar-refractivity contribution is 1.18. The van der Waals surface area contributed by atoms with Gasteiger partial charge in [-0.1, -0.05) is 152 Å². The Balaban J connectivity index is 0.945. The van der Waals surface area contributed by atoms with Crippen molar-refractivity contribution in [1.82, 2.24) is 9.13 Å². The molecule has 0 aliphatic rings. The number of rotatable bonds is 7. The molecule has 0 bridgehead atoms. The van der Waals surface area contributed by atoms with E-state index in [2.05, 4.69) is 263 Å². The molecule has 0 atom stereocenters. The van der Waals surface area contributed by atoms with Crippen LogP contribution in [0.2, 0.25) is 0 Å². The second-order valence-corrected chi connectivity index (χ2v) is 17.7. The minimum absolute atomic E-state index is 1.12. The van der Waals surface area contributed by atoms with E-state index in [1.807, 2.05) is 0 Å². The van der Waals surface area contributed by atoms with Crippen LogP contribution >= 0.6 is 0 Å². The van der Waals surface area contributed by atoms with Crippen molar-refractivity contribution < 1.29 is 0 Å². The SMILES string of the molecule is c1ccc(N(c2ccccc2)c2ccc(-c3ccc4ccc5cc6c7cc(-c8ccc9c(c8)c8ccccc8n9-c8ccccc8)ccc7n(-c7ccccc7)c6c6ccc3c4c56)cc2)cc1. The number of para-hydroxylation sites is 5. The minimum atomic E-state index is 1.12. The number of fused-ring (bicyclic) bond motifs is 7. The number of hydrogen-bond acceptors (Lipinski definition) is 1. The summed E-state index contributed by atoms with van der Waals surface area (Å²) in [6.45, 7) is 0. The number of anilines is 3. The molecule has 0 amide bonds. The minimum Gasteiger partial charge on any atom is -0.311 e. The molecule has 0 saturated heterocycles. The van der Waals surface area contributed by atoms with Gasteiger partial charge in [-0.3, -0.25) is 0 Å². The van der Waals surface area contributed by atoms with Crippen molar-refractivity contribution in [2.24, 2.45) is 0 Å². The molecule has 0 N–H and O–H groups in total. The van der Waals surface area contributed by atoms with Crippen LogP contribution in [0.3, 0.4) is 0 Å². The first-order valence-electron chi connectivity index (χ1n) is 23.1. The zero-order valence-corrected chi connectivity index (χ0v) is 36.5. The van der Waals surface area contributed by atoms with Gasteiger partial charge in [-0.25, -0.2) is 0 Å². The maximum Gasteiger partial charge on any atom is 0.0620 e. The Bertz CT molecular complexity index is 4130. The molecule has 3 nitrogen and oxygen atoms in total. The standard InChI is InChI=1S/C64H41N3/c1-5-15-47(16-6-1)65(48-17-7-2-8-18-48)51-32-27-42(28-33-51)52-34-29-43-25-26-46-41-58-57-40-45(44-30-37-60-56(39-44)53-23-13-14-24-59(53)66(60)49-19-9-3-10-20-49)31-38-61(57)67(50-21-11-4-12-22-50)64(58)55-36-35-54(52)62(43)63(46)55/h1-41H. The summed E-state index contributed by atoms with van der Waals surface area (Å²) in [7, 11) is 0. The fourth-order valence-corrected chi connectivity index (χ4v) is 11.1. The van der Waals surface area contributed by atoms with Crippen LogP contribution < -0.4 is 4.90 Å². The number of hydrogen-bond donors (Lipinski definition) is 0. The van der Waals surface area contributed by atoms with Crippen LogP contribution in [0.25, 0.3) is 110 Å². The molecule has 312 valence electrons. The van der Waals surface area contributed by atoms with Gasteiger partial charge >= 0.3 is 0 Å². The zero-order chi connectivity index (χ0) is 44.0. The van der Waals surface area contributed by atoms with Gasteiger partial charge in [0.2, 0.25) is 0 Å². The fourth-order valence-electron chi connectivity index (χ4n) is 11.1. The maximum atomic E-state index is 2.49. The van der Waals surface area contributed by atoms with E-state index in [1.165, 1.54) is 104 Å².